The second-order valence-electron chi connectivity index (χ2n) is 9.12. The van der Waals surface area contributed by atoms with Crippen molar-refractivity contribution in [2.75, 3.05) is 6.61 Å². The van der Waals surface area contributed by atoms with E-state index < -0.39 is 5.60 Å². The highest BCUT2D eigenvalue weighted by Crippen LogP contribution is 2.62. The summed E-state index contributed by atoms with van der Waals surface area (Å²) in [5, 5.41) is 20.1. The third kappa shape index (κ3) is 3.28. The summed E-state index contributed by atoms with van der Waals surface area (Å²) in [6.45, 7) is 11.6. The Labute approximate surface area is 137 Å². The lowest BCUT2D eigenvalue weighted by Gasteiger charge is -2.61. The predicted octanol–water partition coefficient (Wildman–Crippen LogP) is 4.70. The molecule has 0 aromatic heterocycles. The van der Waals surface area contributed by atoms with E-state index in [1.165, 1.54) is 31.3 Å². The van der Waals surface area contributed by atoms with Gasteiger partial charge in [0.25, 0.3) is 0 Å². The first-order chi connectivity index (χ1) is 10.1. The van der Waals surface area contributed by atoms with Crippen molar-refractivity contribution in [3.8, 4) is 0 Å². The molecule has 0 aliphatic heterocycles. The van der Waals surface area contributed by atoms with Gasteiger partial charge in [0.05, 0.1) is 12.2 Å². The molecule has 2 fully saturated rings. The van der Waals surface area contributed by atoms with E-state index in [-0.39, 0.29) is 12.0 Å². The molecule has 2 rings (SSSR count). The fraction of sp³-hybridized carbons (Fsp3) is 0.900. The zero-order chi connectivity index (χ0) is 16.6. The summed E-state index contributed by atoms with van der Waals surface area (Å²) in [7, 11) is 0. The van der Waals surface area contributed by atoms with Gasteiger partial charge in [0.1, 0.15) is 0 Å². The Bertz CT molecular complexity index is 421. The maximum atomic E-state index is 11.1. The Balaban J connectivity index is 2.24. The molecule has 128 valence electrons. The molecule has 2 aliphatic carbocycles. The number of rotatable bonds is 4. The number of allylic oxidation sites excluding steroid dienone is 1. The minimum absolute atomic E-state index is 0.125. The molecule has 22 heavy (non-hydrogen) atoms. The predicted molar refractivity (Wildman–Crippen MR) is 92.7 cm³/mol. The highest BCUT2D eigenvalue weighted by atomic mass is 16.3. The number of hydrogen-bond donors (Lipinski definition) is 2. The maximum Gasteiger partial charge on any atom is 0.0653 e. The van der Waals surface area contributed by atoms with E-state index in [1.54, 1.807) is 0 Å². The minimum atomic E-state index is -0.543. The lowest BCUT2D eigenvalue weighted by atomic mass is 9.45. The van der Waals surface area contributed by atoms with Crippen molar-refractivity contribution < 1.29 is 10.2 Å². The van der Waals surface area contributed by atoms with E-state index in [4.69, 9.17) is 5.11 Å². The van der Waals surface area contributed by atoms with Crippen molar-refractivity contribution in [3.05, 3.63) is 11.6 Å². The normalized spacial score (nSPS) is 42.0. The van der Waals surface area contributed by atoms with E-state index >= 15 is 0 Å². The van der Waals surface area contributed by atoms with Gasteiger partial charge in [-0.15, -0.1) is 0 Å². The van der Waals surface area contributed by atoms with E-state index in [0.29, 0.717) is 11.3 Å². The van der Waals surface area contributed by atoms with Crippen LogP contribution in [0.3, 0.4) is 0 Å². The third-order valence-electron chi connectivity index (χ3n) is 7.03. The Morgan fingerprint density at radius 2 is 1.82 bits per heavy atom. The standard InChI is InChI=1S/C20H36O2/c1-15(10-14-21)7-8-17-19(4)12-6-11-18(2,3)16(19)9-13-20(17,5)22/h10,16-17,21-22H,6-9,11-14H2,1-5H3/b15-10-/t16-,17+,19-,20+/m1/s1. The average molecular weight is 309 g/mol. The van der Waals surface area contributed by atoms with Gasteiger partial charge in [0, 0.05) is 0 Å². The number of hydrogen-bond acceptors (Lipinski definition) is 2. The molecule has 0 bridgehead atoms. The summed E-state index contributed by atoms with van der Waals surface area (Å²) in [6.07, 6.45) is 9.90. The highest BCUT2D eigenvalue weighted by molar-refractivity contribution is 5.09. The highest BCUT2D eigenvalue weighted by Gasteiger charge is 2.57. The van der Waals surface area contributed by atoms with Gasteiger partial charge in [-0.1, -0.05) is 38.8 Å². The molecule has 2 aliphatic rings. The Morgan fingerprint density at radius 1 is 1.14 bits per heavy atom. The SMILES string of the molecule is C/C(=C/CO)CC[C@H]1[C@]2(C)CCCC(C)(C)[C@H]2CC[C@]1(C)O. The second-order valence-corrected chi connectivity index (χ2v) is 9.12. The van der Waals surface area contributed by atoms with Crippen molar-refractivity contribution in [3.63, 3.8) is 0 Å². The maximum absolute atomic E-state index is 11.1. The van der Waals surface area contributed by atoms with Crippen LogP contribution in [-0.2, 0) is 0 Å². The van der Waals surface area contributed by atoms with Gasteiger partial charge in [-0.3, -0.25) is 0 Å². The first kappa shape index (κ1) is 18.0. The van der Waals surface area contributed by atoms with Crippen LogP contribution < -0.4 is 0 Å². The zero-order valence-electron chi connectivity index (χ0n) is 15.3. The molecule has 0 unspecified atom stereocenters. The number of aliphatic hydroxyl groups excluding tert-OH is 1. The molecule has 0 radical (unpaired) electrons. The van der Waals surface area contributed by atoms with E-state index in [1.807, 2.05) is 6.08 Å². The lowest BCUT2D eigenvalue weighted by Crippen LogP contribution is -2.57. The van der Waals surface area contributed by atoms with Crippen molar-refractivity contribution >= 4 is 0 Å². The van der Waals surface area contributed by atoms with Gasteiger partial charge in [0.15, 0.2) is 0 Å². The lowest BCUT2D eigenvalue weighted by molar-refractivity contribution is -0.168. The van der Waals surface area contributed by atoms with Gasteiger partial charge >= 0.3 is 0 Å². The van der Waals surface area contributed by atoms with Gasteiger partial charge < -0.3 is 10.2 Å². The summed E-state index contributed by atoms with van der Waals surface area (Å²) in [5.74, 6) is 1.08. The third-order valence-corrected chi connectivity index (χ3v) is 7.03. The topological polar surface area (TPSA) is 40.5 Å². The molecule has 0 aromatic rings. The van der Waals surface area contributed by atoms with Crippen LogP contribution >= 0.6 is 0 Å². The fourth-order valence-electron chi connectivity index (χ4n) is 5.90. The molecule has 0 saturated heterocycles. The van der Waals surface area contributed by atoms with Crippen LogP contribution in [0.5, 0.6) is 0 Å². The largest absolute Gasteiger partial charge is 0.392 e. The molecule has 0 heterocycles. The molecular weight excluding hydrogens is 272 g/mol. The Hall–Kier alpha value is -0.340. The van der Waals surface area contributed by atoms with Gasteiger partial charge in [-0.2, -0.15) is 0 Å². The first-order valence-corrected chi connectivity index (χ1v) is 9.12. The average Bonchev–Trinajstić information content (AvgIpc) is 2.36. The van der Waals surface area contributed by atoms with Crippen LogP contribution in [0.4, 0.5) is 0 Å². The van der Waals surface area contributed by atoms with Crippen LogP contribution in [0.25, 0.3) is 0 Å². The summed E-state index contributed by atoms with van der Waals surface area (Å²) in [6, 6.07) is 0. The smallest absolute Gasteiger partial charge is 0.0653 e. The van der Waals surface area contributed by atoms with E-state index in [0.717, 1.165) is 25.2 Å². The minimum Gasteiger partial charge on any atom is -0.392 e. The van der Waals surface area contributed by atoms with Crippen molar-refractivity contribution in [2.45, 2.75) is 85.2 Å². The fourth-order valence-corrected chi connectivity index (χ4v) is 5.90. The zero-order valence-corrected chi connectivity index (χ0v) is 15.3. The second kappa shape index (κ2) is 6.28. The van der Waals surface area contributed by atoms with Crippen molar-refractivity contribution in [1.29, 1.82) is 0 Å². The van der Waals surface area contributed by atoms with Gasteiger partial charge in [-0.25, -0.2) is 0 Å². The molecule has 0 amide bonds. The molecule has 0 spiro atoms. The van der Waals surface area contributed by atoms with Crippen LogP contribution in [0, 0.1) is 22.7 Å². The summed E-state index contributed by atoms with van der Waals surface area (Å²) in [4.78, 5) is 0. The molecule has 2 nitrogen and oxygen atoms in total. The number of aliphatic hydroxyl groups is 2. The molecule has 2 heteroatoms. The van der Waals surface area contributed by atoms with Gasteiger partial charge in [-0.05, 0) is 75.0 Å². The Morgan fingerprint density at radius 3 is 2.45 bits per heavy atom. The molecule has 4 atom stereocenters. The van der Waals surface area contributed by atoms with Gasteiger partial charge in [0.2, 0.25) is 0 Å². The Kier molecular flexibility index (Phi) is 5.14. The molecule has 0 aromatic carbocycles. The van der Waals surface area contributed by atoms with Crippen LogP contribution in [-0.4, -0.2) is 22.4 Å². The van der Waals surface area contributed by atoms with E-state index in [9.17, 15) is 5.11 Å². The monoisotopic (exact) mass is 308 g/mol. The molecule has 2 N–H and O–H groups in total. The van der Waals surface area contributed by atoms with Crippen LogP contribution in [0.15, 0.2) is 11.6 Å². The first-order valence-electron chi connectivity index (χ1n) is 9.12. The van der Waals surface area contributed by atoms with Crippen molar-refractivity contribution in [1.82, 2.24) is 0 Å². The van der Waals surface area contributed by atoms with E-state index in [2.05, 4.69) is 34.6 Å². The summed E-state index contributed by atoms with van der Waals surface area (Å²) < 4.78 is 0. The molecule has 2 saturated carbocycles. The van der Waals surface area contributed by atoms with Crippen LogP contribution in [0.2, 0.25) is 0 Å². The van der Waals surface area contributed by atoms with Crippen molar-refractivity contribution in [2.24, 2.45) is 22.7 Å². The molecular formula is C20H36O2. The summed E-state index contributed by atoms with van der Waals surface area (Å²) >= 11 is 0. The summed E-state index contributed by atoms with van der Waals surface area (Å²) in [5.41, 5.74) is 1.36. The quantitative estimate of drug-likeness (QED) is 0.739. The van der Waals surface area contributed by atoms with Crippen LogP contribution in [0.1, 0.15) is 79.6 Å². The number of fused-ring (bicyclic) bond motifs is 1.